The average Bonchev–Trinajstić information content (AvgIpc) is 2.74. The molecule has 1 atom stereocenters. The van der Waals surface area contributed by atoms with Gasteiger partial charge < -0.3 is 10.6 Å². The third kappa shape index (κ3) is 4.69. The zero-order valence-corrected chi connectivity index (χ0v) is 21.0. The number of nitrogens with zero attached hydrogens (tertiary/aromatic N) is 1. The number of carbonyl (C=O) groups is 2. The first-order chi connectivity index (χ1) is 15.5. The van der Waals surface area contributed by atoms with E-state index in [2.05, 4.69) is 10.6 Å². The third-order valence-electron chi connectivity index (χ3n) is 7.94. The Kier molecular flexibility index (Phi) is 6.62. The van der Waals surface area contributed by atoms with Crippen molar-refractivity contribution in [1.82, 2.24) is 14.9 Å². The molecular weight excluding hydrogens is 438 g/mol. The Morgan fingerprint density at radius 3 is 2.09 bits per heavy atom. The summed E-state index contributed by atoms with van der Waals surface area (Å²) in [6.07, 6.45) is 6.63. The molecule has 7 nitrogen and oxygen atoms in total. The van der Waals surface area contributed by atoms with E-state index in [9.17, 15) is 18.0 Å². The van der Waals surface area contributed by atoms with Gasteiger partial charge in [0, 0.05) is 26.1 Å². The Morgan fingerprint density at radius 2 is 1.58 bits per heavy atom. The van der Waals surface area contributed by atoms with Gasteiger partial charge in [-0.2, -0.15) is 0 Å². The van der Waals surface area contributed by atoms with Crippen molar-refractivity contribution in [3.8, 4) is 0 Å². The second kappa shape index (κ2) is 9.02. The molecule has 4 aliphatic rings. The lowest BCUT2D eigenvalue weighted by Gasteiger charge is -2.55. The topological polar surface area (TPSA) is 95.6 Å². The van der Waals surface area contributed by atoms with Crippen LogP contribution in [0.2, 0.25) is 0 Å². The fourth-order valence-corrected chi connectivity index (χ4v) is 7.72. The van der Waals surface area contributed by atoms with Crippen LogP contribution in [0.25, 0.3) is 0 Å². The van der Waals surface area contributed by atoms with E-state index in [0.717, 1.165) is 23.6 Å². The summed E-state index contributed by atoms with van der Waals surface area (Å²) in [5.74, 6) is 1.64. The third-order valence-corrected chi connectivity index (χ3v) is 9.86. The molecule has 0 saturated heterocycles. The maximum Gasteiger partial charge on any atom is 0.243 e. The van der Waals surface area contributed by atoms with Crippen molar-refractivity contribution < 1.29 is 18.0 Å². The van der Waals surface area contributed by atoms with Crippen LogP contribution in [0, 0.1) is 29.1 Å². The first-order valence-electron chi connectivity index (χ1n) is 12.1. The van der Waals surface area contributed by atoms with Crippen LogP contribution in [0.5, 0.6) is 0 Å². The molecule has 0 radical (unpaired) electrons. The lowest BCUT2D eigenvalue weighted by molar-refractivity contribution is -0.149. The van der Waals surface area contributed by atoms with E-state index in [4.69, 9.17) is 0 Å². The lowest BCUT2D eigenvalue weighted by atomic mass is 9.49. The molecule has 0 aliphatic heterocycles. The molecule has 0 aromatic heterocycles. The van der Waals surface area contributed by atoms with Crippen LogP contribution in [-0.4, -0.2) is 44.7 Å². The molecule has 5 rings (SSSR count). The van der Waals surface area contributed by atoms with Crippen molar-refractivity contribution in [3.63, 3.8) is 0 Å². The summed E-state index contributed by atoms with van der Waals surface area (Å²) >= 11 is 0. The van der Waals surface area contributed by atoms with Crippen molar-refractivity contribution >= 4 is 21.8 Å². The van der Waals surface area contributed by atoms with Gasteiger partial charge in [0.2, 0.25) is 21.8 Å². The summed E-state index contributed by atoms with van der Waals surface area (Å²) in [5.41, 5.74) is 0.212. The van der Waals surface area contributed by atoms with Crippen molar-refractivity contribution in [2.75, 3.05) is 14.1 Å². The fraction of sp³-hybridized carbons (Fsp3) is 0.680. The minimum absolute atomic E-state index is 0.0334. The zero-order chi connectivity index (χ0) is 24.0. The first-order valence-corrected chi connectivity index (χ1v) is 13.5. The monoisotopic (exact) mass is 475 g/mol. The second-order valence-electron chi connectivity index (χ2n) is 11.0. The molecule has 33 heavy (non-hydrogen) atoms. The highest BCUT2D eigenvalue weighted by atomic mass is 32.2. The summed E-state index contributed by atoms with van der Waals surface area (Å²) in [7, 11) is -0.654. The van der Waals surface area contributed by atoms with Gasteiger partial charge in [0.15, 0.2) is 0 Å². The van der Waals surface area contributed by atoms with Crippen molar-refractivity contribution in [2.24, 2.45) is 29.1 Å². The first kappa shape index (κ1) is 24.2. The van der Waals surface area contributed by atoms with E-state index in [0.29, 0.717) is 23.3 Å². The van der Waals surface area contributed by atoms with Crippen LogP contribution in [-0.2, 0) is 26.2 Å². The number of nitrogens with one attached hydrogen (secondary N) is 2. The number of sulfonamides is 1. The second-order valence-corrected chi connectivity index (χ2v) is 13.1. The van der Waals surface area contributed by atoms with Gasteiger partial charge >= 0.3 is 0 Å². The Bertz CT molecular complexity index is 983. The van der Waals surface area contributed by atoms with E-state index in [-0.39, 0.29) is 34.6 Å². The number of amides is 2. The van der Waals surface area contributed by atoms with Crippen LogP contribution in [0.15, 0.2) is 29.2 Å². The highest BCUT2D eigenvalue weighted by molar-refractivity contribution is 7.89. The molecule has 0 unspecified atom stereocenters. The van der Waals surface area contributed by atoms with E-state index in [1.165, 1.54) is 33.4 Å². The molecular formula is C25H37N3O4S. The van der Waals surface area contributed by atoms with Gasteiger partial charge in [0.25, 0.3) is 0 Å². The summed E-state index contributed by atoms with van der Waals surface area (Å²) < 4.78 is 26.5. The molecule has 182 valence electrons. The average molecular weight is 476 g/mol. The predicted molar refractivity (Wildman–Crippen MR) is 127 cm³/mol. The smallest absolute Gasteiger partial charge is 0.243 e. The summed E-state index contributed by atoms with van der Waals surface area (Å²) in [5, 5.41) is 5.97. The van der Waals surface area contributed by atoms with Gasteiger partial charge in [-0.15, -0.1) is 0 Å². The van der Waals surface area contributed by atoms with Gasteiger partial charge in [-0.3, -0.25) is 9.59 Å². The van der Waals surface area contributed by atoms with Crippen molar-refractivity contribution in [2.45, 2.75) is 69.9 Å². The Labute approximate surface area is 197 Å². The van der Waals surface area contributed by atoms with Gasteiger partial charge in [-0.1, -0.05) is 32.0 Å². The van der Waals surface area contributed by atoms with Crippen LogP contribution in [0.4, 0.5) is 0 Å². The number of hydrogen-bond acceptors (Lipinski definition) is 4. The maximum absolute atomic E-state index is 13.5. The van der Waals surface area contributed by atoms with Crippen LogP contribution < -0.4 is 10.6 Å². The van der Waals surface area contributed by atoms with Crippen molar-refractivity contribution in [3.05, 3.63) is 29.8 Å². The van der Waals surface area contributed by atoms with Gasteiger partial charge in [-0.25, -0.2) is 12.7 Å². The fourth-order valence-electron chi connectivity index (χ4n) is 6.61. The lowest BCUT2D eigenvalue weighted by Crippen LogP contribution is -2.58. The molecule has 4 aliphatic carbocycles. The molecule has 0 heterocycles. The normalized spacial score (nSPS) is 29.3. The molecule has 2 amide bonds. The van der Waals surface area contributed by atoms with E-state index >= 15 is 0 Å². The highest BCUT2D eigenvalue weighted by Gasteiger charge is 2.55. The number of benzene rings is 1. The highest BCUT2D eigenvalue weighted by Crippen LogP contribution is 2.60. The largest absolute Gasteiger partial charge is 0.350 e. The van der Waals surface area contributed by atoms with Crippen LogP contribution in [0.1, 0.15) is 57.9 Å². The molecule has 2 N–H and O–H groups in total. The van der Waals surface area contributed by atoms with Crippen molar-refractivity contribution in [1.29, 1.82) is 0 Å². The van der Waals surface area contributed by atoms with E-state index in [1.54, 1.807) is 24.3 Å². The van der Waals surface area contributed by atoms with E-state index < -0.39 is 16.1 Å². The summed E-state index contributed by atoms with van der Waals surface area (Å²) in [6.45, 7) is 3.93. The molecule has 0 spiro atoms. The van der Waals surface area contributed by atoms with Gasteiger partial charge in [0.05, 0.1) is 4.90 Å². The van der Waals surface area contributed by atoms with Crippen LogP contribution >= 0.6 is 0 Å². The molecule has 1 aromatic carbocycles. The molecule has 4 saturated carbocycles. The molecule has 4 fully saturated rings. The van der Waals surface area contributed by atoms with Gasteiger partial charge in [0.1, 0.15) is 6.04 Å². The van der Waals surface area contributed by atoms with E-state index in [1.807, 2.05) is 13.8 Å². The quantitative estimate of drug-likeness (QED) is 0.604. The summed E-state index contributed by atoms with van der Waals surface area (Å²) in [6, 6.07) is 6.03. The Balaban J connectivity index is 1.45. The molecule has 4 bridgehead atoms. The standard InChI is InChI=1S/C25H37N3O4S/c1-16(2)22(27-24(30)25-12-17-9-18(13-25)11-19(10-17)14-25)23(29)26-15-20-7-5-6-8-21(20)33(31,32)28(3)4/h5-8,16-19,22H,9-15H2,1-4H3,(H,26,29)(H,27,30)/t17?,18?,19?,22-,25?/m1/s1. The molecule has 8 heteroatoms. The Hall–Kier alpha value is -1.93. The summed E-state index contributed by atoms with van der Waals surface area (Å²) in [4.78, 5) is 26.8. The minimum atomic E-state index is -3.62. The van der Waals surface area contributed by atoms with Gasteiger partial charge in [-0.05, 0) is 73.8 Å². The zero-order valence-electron chi connectivity index (χ0n) is 20.1. The predicted octanol–water partition coefficient (Wildman–Crippen LogP) is 2.91. The maximum atomic E-state index is 13.5. The Morgan fingerprint density at radius 1 is 1.03 bits per heavy atom. The number of hydrogen-bond donors (Lipinski definition) is 2. The number of rotatable bonds is 8. The SMILES string of the molecule is CC(C)[C@@H](NC(=O)C12CC3CC(CC(C3)C1)C2)C(=O)NCc1ccccc1S(=O)(=O)N(C)C. The van der Waals surface area contributed by atoms with Crippen LogP contribution in [0.3, 0.4) is 0 Å². The molecule has 1 aromatic rings. The number of carbonyl (C=O) groups excluding carboxylic acids is 2. The minimum Gasteiger partial charge on any atom is -0.350 e.